The number of halogens is 6. The second-order valence-electron chi connectivity index (χ2n) is 12.9. The van der Waals surface area contributed by atoms with Gasteiger partial charge in [-0.1, -0.05) is 0 Å². The van der Waals surface area contributed by atoms with Gasteiger partial charge in [-0.05, 0) is 56.9 Å². The lowest BCUT2D eigenvalue weighted by Gasteiger charge is -2.63. The maximum atomic E-state index is 13.1. The Bertz CT molecular complexity index is 1320. The second-order valence-corrected chi connectivity index (χ2v) is 12.9. The fourth-order valence-corrected chi connectivity index (χ4v) is 7.32. The molecule has 1 N–H and O–H groups in total. The number of hydrogen-bond acceptors (Lipinski definition) is 5. The highest BCUT2D eigenvalue weighted by Gasteiger charge is 2.59. The molecule has 2 amide bonds. The van der Waals surface area contributed by atoms with E-state index >= 15 is 0 Å². The molecular formula is C25H29F6N7O2. The number of alkyl halides is 6. The zero-order chi connectivity index (χ0) is 28.3. The topological polar surface area (TPSA) is 92.3 Å². The van der Waals surface area contributed by atoms with E-state index < -0.39 is 30.2 Å². The van der Waals surface area contributed by atoms with Crippen LogP contribution in [-0.4, -0.2) is 77.8 Å². The Morgan fingerprint density at radius 1 is 0.950 bits per heavy atom. The molecule has 2 saturated heterocycles. The van der Waals surface area contributed by atoms with Gasteiger partial charge >= 0.3 is 18.4 Å². The summed E-state index contributed by atoms with van der Waals surface area (Å²) in [5.41, 5.74) is -2.22. The van der Waals surface area contributed by atoms with Gasteiger partial charge in [0.2, 0.25) is 0 Å². The first-order chi connectivity index (χ1) is 18.6. The number of aliphatic hydroxyl groups is 1. The molecular weight excluding hydrogens is 544 g/mol. The third-order valence-corrected chi connectivity index (χ3v) is 9.43. The molecule has 0 atom stereocenters. The molecule has 5 aliphatic rings. The number of amides is 2. The lowest BCUT2D eigenvalue weighted by atomic mass is 9.56. The van der Waals surface area contributed by atoms with Crippen molar-refractivity contribution in [3.8, 4) is 0 Å². The van der Waals surface area contributed by atoms with Crippen LogP contribution in [0.3, 0.4) is 0 Å². The number of carbonyl (C=O) groups is 1. The van der Waals surface area contributed by atoms with Crippen molar-refractivity contribution in [2.75, 3.05) is 26.2 Å². The number of hydrogen-bond donors (Lipinski definition) is 1. The Hall–Kier alpha value is -2.84. The highest BCUT2D eigenvalue weighted by molar-refractivity contribution is 5.77. The van der Waals surface area contributed by atoms with E-state index in [9.17, 15) is 36.2 Å². The van der Waals surface area contributed by atoms with Crippen molar-refractivity contribution in [2.24, 2.45) is 16.7 Å². The zero-order valence-corrected chi connectivity index (χ0v) is 21.5. The van der Waals surface area contributed by atoms with E-state index in [-0.39, 0.29) is 40.9 Å². The fourth-order valence-electron chi connectivity index (χ4n) is 7.32. The average Bonchev–Trinajstić information content (AvgIpc) is 3.13. The fraction of sp³-hybridized carbons (Fsp3) is 0.760. The average molecular weight is 574 g/mol. The monoisotopic (exact) mass is 573 g/mol. The molecule has 0 unspecified atom stereocenters. The molecule has 2 aromatic heterocycles. The van der Waals surface area contributed by atoms with E-state index in [1.807, 2.05) is 9.58 Å². The van der Waals surface area contributed by atoms with Crippen LogP contribution in [0.25, 0.3) is 0 Å². The van der Waals surface area contributed by atoms with Gasteiger partial charge in [0.15, 0.2) is 11.5 Å². The van der Waals surface area contributed by atoms with E-state index in [1.165, 1.54) is 0 Å². The maximum Gasteiger partial charge on any atom is 0.435 e. The molecule has 0 bridgehead atoms. The molecule has 40 heavy (non-hydrogen) atoms. The van der Waals surface area contributed by atoms with E-state index in [4.69, 9.17) is 0 Å². The number of nitrogens with zero attached hydrogens (tertiary/aromatic N) is 7. The van der Waals surface area contributed by atoms with Crippen molar-refractivity contribution in [2.45, 2.75) is 75.5 Å². The van der Waals surface area contributed by atoms with Crippen LogP contribution < -0.4 is 0 Å². The van der Waals surface area contributed by atoms with Crippen LogP contribution in [0.5, 0.6) is 0 Å². The molecule has 0 radical (unpaired) electrons. The Morgan fingerprint density at radius 2 is 1.55 bits per heavy atom. The van der Waals surface area contributed by atoms with Crippen molar-refractivity contribution in [3.05, 3.63) is 29.6 Å². The molecule has 3 aliphatic carbocycles. The third-order valence-electron chi connectivity index (χ3n) is 9.43. The molecule has 15 heteroatoms. The summed E-state index contributed by atoms with van der Waals surface area (Å²) in [7, 11) is 0. The first-order valence-electron chi connectivity index (χ1n) is 13.5. The normalized spacial score (nSPS) is 25.0. The molecule has 2 aliphatic heterocycles. The minimum Gasteiger partial charge on any atom is -0.382 e. The molecule has 3 saturated carbocycles. The Balaban J connectivity index is 0.870. The standard InChI is InChI=1S/C25H29F6N7O2/c26-24(27,28)13-37-16(4-18(33-37)25(29,30)31)3-15-5-21(6-15)9-35(10-21)20(39)36-11-22(12-36)7-17(8-22)38-14-32-19(34-38)23(40)1-2-23/h4,14-15,17,40H,1-3,5-13H2. The molecule has 9 nitrogen and oxygen atoms in total. The summed E-state index contributed by atoms with van der Waals surface area (Å²) >= 11 is 0. The molecule has 0 aromatic carbocycles. The molecule has 5 fully saturated rings. The number of urea groups is 1. The predicted octanol–water partition coefficient (Wildman–Crippen LogP) is 3.75. The lowest BCUT2D eigenvalue weighted by molar-refractivity contribution is -0.149. The predicted molar refractivity (Wildman–Crippen MR) is 125 cm³/mol. The summed E-state index contributed by atoms with van der Waals surface area (Å²) in [6, 6.07) is 0.927. The number of rotatable bonds is 5. The van der Waals surface area contributed by atoms with Crippen LogP contribution in [0.1, 0.15) is 61.8 Å². The second kappa shape index (κ2) is 8.13. The van der Waals surface area contributed by atoms with Crippen LogP contribution >= 0.6 is 0 Å². The Labute approximate surface area is 225 Å². The van der Waals surface area contributed by atoms with Crippen molar-refractivity contribution >= 4 is 6.03 Å². The Kier molecular flexibility index (Phi) is 5.30. The van der Waals surface area contributed by atoms with Crippen LogP contribution in [-0.2, 0) is 24.7 Å². The van der Waals surface area contributed by atoms with Crippen LogP contribution in [0, 0.1) is 16.7 Å². The minimum absolute atomic E-state index is 0.0137. The van der Waals surface area contributed by atoms with Gasteiger partial charge < -0.3 is 14.9 Å². The molecule has 4 heterocycles. The number of aromatic nitrogens is 5. The molecule has 2 aromatic rings. The summed E-state index contributed by atoms with van der Waals surface area (Å²) in [5, 5.41) is 17.8. The van der Waals surface area contributed by atoms with Gasteiger partial charge in [0.25, 0.3) is 0 Å². The maximum absolute atomic E-state index is 13.1. The third kappa shape index (κ3) is 4.44. The van der Waals surface area contributed by atoms with Gasteiger partial charge in [-0.3, -0.25) is 4.68 Å². The number of likely N-dealkylation sites (tertiary alicyclic amines) is 2. The van der Waals surface area contributed by atoms with Gasteiger partial charge in [0, 0.05) is 42.7 Å². The van der Waals surface area contributed by atoms with Gasteiger partial charge in [-0.2, -0.15) is 36.5 Å². The largest absolute Gasteiger partial charge is 0.435 e. The molecule has 218 valence electrons. The van der Waals surface area contributed by atoms with Gasteiger partial charge in [-0.15, -0.1) is 0 Å². The van der Waals surface area contributed by atoms with Crippen molar-refractivity contribution in [3.63, 3.8) is 0 Å². The first-order valence-corrected chi connectivity index (χ1v) is 13.5. The summed E-state index contributed by atoms with van der Waals surface area (Å²) in [6.45, 7) is 0.943. The van der Waals surface area contributed by atoms with E-state index in [2.05, 4.69) is 15.2 Å². The van der Waals surface area contributed by atoms with Gasteiger partial charge in [0.05, 0.1) is 6.04 Å². The van der Waals surface area contributed by atoms with Crippen molar-refractivity contribution < 1.29 is 36.2 Å². The van der Waals surface area contributed by atoms with Gasteiger partial charge in [0.1, 0.15) is 18.5 Å². The first kappa shape index (κ1) is 26.1. The van der Waals surface area contributed by atoms with E-state index in [0.717, 1.165) is 18.9 Å². The number of carbonyl (C=O) groups excluding carboxylic acids is 1. The van der Waals surface area contributed by atoms with Crippen LogP contribution in [0.4, 0.5) is 31.1 Å². The lowest BCUT2D eigenvalue weighted by Crippen LogP contribution is -2.71. The highest BCUT2D eigenvalue weighted by Crippen LogP contribution is 2.56. The SMILES string of the molecule is O=C(N1CC2(CC(Cc3cc(C(F)(F)F)nn3CC(F)(F)F)C2)C1)N1CC2(CC(n3cnc(C4(O)CC4)n3)C2)C1. The van der Waals surface area contributed by atoms with Crippen LogP contribution in [0.15, 0.2) is 12.4 Å². The Morgan fingerprint density at radius 3 is 2.10 bits per heavy atom. The molecule has 7 rings (SSSR count). The van der Waals surface area contributed by atoms with Crippen molar-refractivity contribution in [1.82, 2.24) is 34.3 Å². The quantitative estimate of drug-likeness (QED) is 0.551. The van der Waals surface area contributed by atoms with E-state index in [0.29, 0.717) is 62.4 Å². The minimum atomic E-state index is -4.81. The summed E-state index contributed by atoms with van der Waals surface area (Å²) < 4.78 is 80.0. The summed E-state index contributed by atoms with van der Waals surface area (Å²) in [5.74, 6) is 0.445. The highest BCUT2D eigenvalue weighted by atomic mass is 19.4. The summed E-state index contributed by atoms with van der Waals surface area (Å²) in [4.78, 5) is 20.8. The van der Waals surface area contributed by atoms with Crippen molar-refractivity contribution in [1.29, 1.82) is 0 Å². The smallest absolute Gasteiger partial charge is 0.382 e. The van der Waals surface area contributed by atoms with E-state index in [1.54, 1.807) is 11.2 Å². The van der Waals surface area contributed by atoms with Gasteiger partial charge in [-0.25, -0.2) is 14.5 Å². The summed E-state index contributed by atoms with van der Waals surface area (Å²) in [6.07, 6.45) is -3.19. The zero-order valence-electron chi connectivity index (χ0n) is 21.5. The van der Waals surface area contributed by atoms with Crippen LogP contribution in [0.2, 0.25) is 0 Å². The molecule has 2 spiro atoms.